The normalized spacial score (nSPS) is 22.0. The molecular weight excluding hydrogens is 480 g/mol. The molecule has 0 unspecified atom stereocenters. The lowest BCUT2D eigenvalue weighted by molar-refractivity contribution is -0.152. The van der Waals surface area contributed by atoms with E-state index in [4.69, 9.17) is 23.7 Å². The van der Waals surface area contributed by atoms with E-state index in [9.17, 15) is 14.4 Å². The summed E-state index contributed by atoms with van der Waals surface area (Å²) in [6.07, 6.45) is 2.78. The van der Waals surface area contributed by atoms with Gasteiger partial charge in [0, 0.05) is 25.1 Å². The number of cyclic esters (lactones) is 1. The Kier molecular flexibility index (Phi) is 10.3. The average Bonchev–Trinajstić information content (AvgIpc) is 2.93. The predicted octanol–water partition coefficient (Wildman–Crippen LogP) is 3.25. The van der Waals surface area contributed by atoms with Crippen LogP contribution in [0.3, 0.4) is 0 Å². The number of pyridine rings is 1. The molecule has 200 valence electrons. The lowest BCUT2D eigenvalue weighted by Crippen LogP contribution is -2.46. The number of carbonyl (C=O) groups excluding carboxylic acids is 3. The summed E-state index contributed by atoms with van der Waals surface area (Å²) in [7, 11) is 1.40. The van der Waals surface area contributed by atoms with Gasteiger partial charge in [-0.2, -0.15) is 0 Å². The van der Waals surface area contributed by atoms with Crippen molar-refractivity contribution < 1.29 is 38.1 Å². The van der Waals surface area contributed by atoms with Gasteiger partial charge in [-0.05, 0) is 24.8 Å². The van der Waals surface area contributed by atoms with Crippen molar-refractivity contribution in [3.63, 3.8) is 0 Å². The van der Waals surface area contributed by atoms with Crippen LogP contribution < -0.4 is 14.8 Å². The van der Waals surface area contributed by atoms with Gasteiger partial charge in [0.05, 0.1) is 20.3 Å². The van der Waals surface area contributed by atoms with E-state index in [2.05, 4.69) is 17.2 Å². The average molecular weight is 515 g/mol. The number of rotatable bonds is 9. The Hall–Kier alpha value is -3.66. The van der Waals surface area contributed by atoms with Crippen molar-refractivity contribution in [1.29, 1.82) is 0 Å². The summed E-state index contributed by atoms with van der Waals surface area (Å²) in [6.45, 7) is 5.11. The Labute approximate surface area is 216 Å². The smallest absolute Gasteiger partial charge is 0.331 e. The minimum atomic E-state index is -1.07. The van der Waals surface area contributed by atoms with Gasteiger partial charge in [-0.25, -0.2) is 9.78 Å². The van der Waals surface area contributed by atoms with Crippen LogP contribution in [0, 0.1) is 5.92 Å². The minimum Gasteiger partial charge on any atom is -0.493 e. The third kappa shape index (κ3) is 7.42. The first-order chi connectivity index (χ1) is 17.8. The molecule has 1 aliphatic rings. The fourth-order valence-electron chi connectivity index (χ4n) is 4.47. The van der Waals surface area contributed by atoms with E-state index < -0.39 is 36.8 Å². The second kappa shape index (κ2) is 13.6. The van der Waals surface area contributed by atoms with Crippen LogP contribution in [0.25, 0.3) is 0 Å². The first-order valence-electron chi connectivity index (χ1n) is 12.3. The number of nitrogens with one attached hydrogen (secondary N) is 1. The van der Waals surface area contributed by atoms with Crippen molar-refractivity contribution in [3.05, 3.63) is 53.9 Å². The van der Waals surface area contributed by atoms with E-state index in [1.165, 1.54) is 26.3 Å². The lowest BCUT2D eigenvalue weighted by atomic mass is 9.80. The summed E-state index contributed by atoms with van der Waals surface area (Å²) in [5.41, 5.74) is 0.931. The Morgan fingerprint density at radius 1 is 1.16 bits per heavy atom. The van der Waals surface area contributed by atoms with Crippen molar-refractivity contribution >= 4 is 17.8 Å². The third-order valence-corrected chi connectivity index (χ3v) is 6.13. The molecule has 2 heterocycles. The van der Waals surface area contributed by atoms with Crippen molar-refractivity contribution in [2.24, 2.45) is 5.92 Å². The molecule has 0 spiro atoms. The number of carbonyl (C=O) groups is 3. The number of ether oxygens (including phenoxy) is 5. The molecule has 10 nitrogen and oxygen atoms in total. The highest BCUT2D eigenvalue weighted by molar-refractivity contribution is 5.98. The summed E-state index contributed by atoms with van der Waals surface area (Å²) in [6, 6.07) is 10.4. The van der Waals surface area contributed by atoms with E-state index in [1.54, 1.807) is 0 Å². The summed E-state index contributed by atoms with van der Waals surface area (Å²) < 4.78 is 27.3. The molecule has 3 rings (SSSR count). The van der Waals surface area contributed by atoms with Gasteiger partial charge in [-0.15, -0.1) is 0 Å². The highest BCUT2D eigenvalue weighted by Crippen LogP contribution is 2.34. The van der Waals surface area contributed by atoms with Crippen LogP contribution in [0.15, 0.2) is 42.6 Å². The molecule has 0 bridgehead atoms. The van der Waals surface area contributed by atoms with Crippen LogP contribution in [0.5, 0.6) is 11.5 Å². The molecule has 0 saturated carbocycles. The quantitative estimate of drug-likeness (QED) is 0.397. The second-order valence-electron chi connectivity index (χ2n) is 8.78. The maximum atomic E-state index is 13.2. The molecule has 1 fully saturated rings. The molecule has 1 aromatic carbocycles. The number of hydrogen-bond donors (Lipinski definition) is 1. The van der Waals surface area contributed by atoms with Gasteiger partial charge >= 0.3 is 11.9 Å². The molecule has 2 aromatic rings. The van der Waals surface area contributed by atoms with E-state index in [0.29, 0.717) is 6.61 Å². The number of amides is 1. The molecule has 1 aliphatic heterocycles. The van der Waals surface area contributed by atoms with E-state index in [0.717, 1.165) is 18.4 Å². The monoisotopic (exact) mass is 514 g/mol. The molecule has 1 amide bonds. The zero-order chi connectivity index (χ0) is 26.8. The SMILES string of the molecule is CCC[C@H]1COC[C@H](NC(=O)c2nccc(OC)c2OCOC(C)=O)C(=O)O[C@@H](C)[C@@H]1c1ccccc1. The van der Waals surface area contributed by atoms with Gasteiger partial charge in [0.2, 0.25) is 6.79 Å². The maximum absolute atomic E-state index is 13.2. The summed E-state index contributed by atoms with van der Waals surface area (Å²) in [4.78, 5) is 41.5. The summed E-state index contributed by atoms with van der Waals surface area (Å²) in [5, 5.41) is 2.65. The topological polar surface area (TPSA) is 122 Å². The van der Waals surface area contributed by atoms with Gasteiger partial charge in [0.1, 0.15) is 6.10 Å². The molecule has 37 heavy (non-hydrogen) atoms. The van der Waals surface area contributed by atoms with E-state index >= 15 is 0 Å². The van der Waals surface area contributed by atoms with Crippen molar-refractivity contribution in [2.75, 3.05) is 27.1 Å². The van der Waals surface area contributed by atoms with Crippen LogP contribution in [-0.2, 0) is 23.8 Å². The van der Waals surface area contributed by atoms with Crippen LogP contribution in [0.1, 0.15) is 55.6 Å². The lowest BCUT2D eigenvalue weighted by Gasteiger charge is -2.31. The molecule has 4 atom stereocenters. The number of esters is 2. The Morgan fingerprint density at radius 3 is 2.59 bits per heavy atom. The highest BCUT2D eigenvalue weighted by Gasteiger charge is 2.35. The summed E-state index contributed by atoms with van der Waals surface area (Å²) >= 11 is 0. The van der Waals surface area contributed by atoms with Crippen LogP contribution in [0.4, 0.5) is 0 Å². The largest absolute Gasteiger partial charge is 0.493 e. The molecule has 1 N–H and O–H groups in total. The maximum Gasteiger partial charge on any atom is 0.331 e. The third-order valence-electron chi connectivity index (χ3n) is 6.13. The fourth-order valence-corrected chi connectivity index (χ4v) is 4.47. The van der Waals surface area contributed by atoms with Crippen LogP contribution >= 0.6 is 0 Å². The Bertz CT molecular complexity index is 1060. The first kappa shape index (κ1) is 27.9. The predicted molar refractivity (Wildman–Crippen MR) is 133 cm³/mol. The molecule has 10 heteroatoms. The molecule has 1 aromatic heterocycles. The number of nitrogens with zero attached hydrogens (tertiary/aromatic N) is 1. The van der Waals surface area contributed by atoms with Gasteiger partial charge in [0.15, 0.2) is 23.2 Å². The van der Waals surface area contributed by atoms with E-state index in [-0.39, 0.29) is 35.6 Å². The van der Waals surface area contributed by atoms with Gasteiger partial charge in [0.25, 0.3) is 5.91 Å². The molecule has 0 radical (unpaired) electrons. The van der Waals surface area contributed by atoms with Crippen LogP contribution in [0.2, 0.25) is 0 Å². The molecule has 1 saturated heterocycles. The zero-order valence-electron chi connectivity index (χ0n) is 21.6. The number of aromatic nitrogens is 1. The van der Waals surface area contributed by atoms with Gasteiger partial charge in [-0.3, -0.25) is 9.59 Å². The first-order valence-corrected chi connectivity index (χ1v) is 12.3. The molecular formula is C27H34N2O8. The Morgan fingerprint density at radius 2 is 1.92 bits per heavy atom. The molecule has 0 aliphatic carbocycles. The van der Waals surface area contributed by atoms with Crippen molar-refractivity contribution in [1.82, 2.24) is 10.3 Å². The standard InChI is InChI=1S/C27H34N2O8/c1-5-9-20-14-34-15-21(27(32)37-17(2)23(20)19-10-7-6-8-11-19)29-26(31)24-25(36-16-35-18(3)30)22(33-4)12-13-28-24/h6-8,10-13,17,20-21,23H,5,9,14-16H2,1-4H3,(H,29,31)/t17-,20-,21-,23+/m0/s1. The van der Waals surface area contributed by atoms with Gasteiger partial charge in [-0.1, -0.05) is 43.7 Å². The van der Waals surface area contributed by atoms with Crippen molar-refractivity contribution in [2.45, 2.75) is 51.7 Å². The van der Waals surface area contributed by atoms with Crippen LogP contribution in [-0.4, -0.2) is 62.1 Å². The Balaban J connectivity index is 1.80. The fraction of sp³-hybridized carbons (Fsp3) is 0.481. The highest BCUT2D eigenvalue weighted by atomic mass is 16.7. The summed E-state index contributed by atoms with van der Waals surface area (Å²) in [5.74, 6) is -1.59. The zero-order valence-corrected chi connectivity index (χ0v) is 21.6. The van der Waals surface area contributed by atoms with Crippen molar-refractivity contribution in [3.8, 4) is 11.5 Å². The number of hydrogen-bond acceptors (Lipinski definition) is 9. The second-order valence-corrected chi connectivity index (χ2v) is 8.78. The minimum absolute atomic E-state index is 0.0263. The number of benzene rings is 1. The van der Waals surface area contributed by atoms with E-state index in [1.807, 2.05) is 37.3 Å². The number of methoxy groups -OCH3 is 1. The van der Waals surface area contributed by atoms with Gasteiger partial charge < -0.3 is 29.0 Å².